The SMILES string of the molecule is CCOC(=O)C(=CN1CC(F)(F)Oc2cc(CN3CCOCC3)ccc21)C(=O)OCC. The summed E-state index contributed by atoms with van der Waals surface area (Å²) in [5.41, 5.74) is 0.644. The molecule has 0 amide bonds. The molecule has 3 rings (SSSR count). The molecule has 2 aliphatic heterocycles. The molecule has 2 aliphatic rings. The Bertz CT molecular complexity index is 819. The number of hydrogen-bond donors (Lipinski definition) is 0. The van der Waals surface area contributed by atoms with Crippen molar-refractivity contribution in [2.24, 2.45) is 0 Å². The summed E-state index contributed by atoms with van der Waals surface area (Å²) in [7, 11) is 0. The number of esters is 2. The van der Waals surface area contributed by atoms with E-state index in [0.29, 0.717) is 25.4 Å². The molecule has 0 bridgehead atoms. The van der Waals surface area contributed by atoms with Crippen LogP contribution in [0.5, 0.6) is 5.75 Å². The monoisotopic (exact) mass is 440 g/mol. The van der Waals surface area contributed by atoms with Gasteiger partial charge in [-0.15, -0.1) is 0 Å². The van der Waals surface area contributed by atoms with Crippen LogP contribution in [0.1, 0.15) is 19.4 Å². The number of alkyl halides is 2. The molecule has 0 aliphatic carbocycles. The van der Waals surface area contributed by atoms with Gasteiger partial charge in [-0.05, 0) is 31.5 Å². The lowest BCUT2D eigenvalue weighted by molar-refractivity contribution is -0.171. The molecule has 1 aromatic rings. The molecule has 0 N–H and O–H groups in total. The topological polar surface area (TPSA) is 77.5 Å². The van der Waals surface area contributed by atoms with E-state index in [0.717, 1.165) is 29.8 Å². The molecule has 0 unspecified atom stereocenters. The molecule has 2 heterocycles. The summed E-state index contributed by atoms with van der Waals surface area (Å²) in [6.07, 6.45) is -2.48. The molecule has 170 valence electrons. The van der Waals surface area contributed by atoms with Gasteiger partial charge in [0, 0.05) is 25.8 Å². The van der Waals surface area contributed by atoms with Crippen molar-refractivity contribution in [3.05, 3.63) is 35.5 Å². The van der Waals surface area contributed by atoms with E-state index in [4.69, 9.17) is 18.9 Å². The second-order valence-electron chi connectivity index (χ2n) is 7.04. The zero-order chi connectivity index (χ0) is 22.4. The highest BCUT2D eigenvalue weighted by Crippen LogP contribution is 2.39. The Labute approximate surface area is 179 Å². The third-order valence-corrected chi connectivity index (χ3v) is 4.73. The van der Waals surface area contributed by atoms with Crippen LogP contribution in [0.2, 0.25) is 0 Å². The number of hydrogen-bond acceptors (Lipinski definition) is 8. The van der Waals surface area contributed by atoms with Gasteiger partial charge in [0.05, 0.1) is 32.1 Å². The first kappa shape index (κ1) is 23.0. The Hall–Kier alpha value is -2.72. The molecule has 1 saturated heterocycles. The lowest BCUT2D eigenvalue weighted by Gasteiger charge is -2.34. The maximum atomic E-state index is 14.3. The van der Waals surface area contributed by atoms with Gasteiger partial charge in [0.1, 0.15) is 12.3 Å². The third-order valence-electron chi connectivity index (χ3n) is 4.73. The van der Waals surface area contributed by atoms with Gasteiger partial charge in [-0.3, -0.25) is 4.90 Å². The zero-order valence-corrected chi connectivity index (χ0v) is 17.6. The fraction of sp³-hybridized carbons (Fsp3) is 0.524. The first-order valence-corrected chi connectivity index (χ1v) is 10.2. The Morgan fingerprint density at radius 2 is 1.77 bits per heavy atom. The zero-order valence-electron chi connectivity index (χ0n) is 17.6. The summed E-state index contributed by atoms with van der Waals surface area (Å²) in [6.45, 7) is 5.67. The molecule has 1 fully saturated rings. The average Bonchev–Trinajstić information content (AvgIpc) is 2.72. The van der Waals surface area contributed by atoms with E-state index in [2.05, 4.69) is 4.90 Å². The highest BCUT2D eigenvalue weighted by molar-refractivity contribution is 6.14. The van der Waals surface area contributed by atoms with Crippen LogP contribution in [0, 0.1) is 0 Å². The number of morpholine rings is 1. The van der Waals surface area contributed by atoms with Gasteiger partial charge in [0.25, 0.3) is 0 Å². The van der Waals surface area contributed by atoms with Crippen LogP contribution in [0.25, 0.3) is 0 Å². The van der Waals surface area contributed by atoms with Gasteiger partial charge in [0.2, 0.25) is 0 Å². The van der Waals surface area contributed by atoms with Crippen LogP contribution in [0.15, 0.2) is 30.0 Å². The Morgan fingerprint density at radius 3 is 2.39 bits per heavy atom. The van der Waals surface area contributed by atoms with E-state index >= 15 is 0 Å². The first-order chi connectivity index (χ1) is 14.8. The molecule has 31 heavy (non-hydrogen) atoms. The standard InChI is InChI=1S/C21H26F2N2O6/c1-3-29-19(26)16(20(27)30-4-2)13-25-14-21(22,23)31-18-11-15(5-6-17(18)25)12-24-7-9-28-10-8-24/h5-6,11,13H,3-4,7-10,12,14H2,1-2H3. The van der Waals surface area contributed by atoms with E-state index in [9.17, 15) is 18.4 Å². The molecular formula is C21H26F2N2O6. The first-order valence-electron chi connectivity index (χ1n) is 10.2. The minimum absolute atomic E-state index is 0.0241. The Balaban J connectivity index is 1.91. The number of carbonyl (C=O) groups excluding carboxylic acids is 2. The number of anilines is 1. The predicted molar refractivity (Wildman–Crippen MR) is 107 cm³/mol. The second kappa shape index (κ2) is 10.1. The highest BCUT2D eigenvalue weighted by atomic mass is 19.3. The third kappa shape index (κ3) is 5.92. The van der Waals surface area contributed by atoms with Crippen molar-refractivity contribution in [3.8, 4) is 5.75 Å². The number of halogens is 2. The Kier molecular flexibility index (Phi) is 7.45. The second-order valence-corrected chi connectivity index (χ2v) is 7.04. The molecule has 10 heteroatoms. The molecule has 0 atom stereocenters. The van der Waals surface area contributed by atoms with Crippen molar-refractivity contribution in [2.45, 2.75) is 26.5 Å². The van der Waals surface area contributed by atoms with Crippen LogP contribution in [0.3, 0.4) is 0 Å². The van der Waals surface area contributed by atoms with Gasteiger partial charge in [-0.25, -0.2) is 9.59 Å². The summed E-state index contributed by atoms with van der Waals surface area (Å²) in [5.74, 6) is -1.92. The van der Waals surface area contributed by atoms with Gasteiger partial charge in [-0.2, -0.15) is 8.78 Å². The number of ether oxygens (including phenoxy) is 4. The fourth-order valence-electron chi connectivity index (χ4n) is 3.35. The molecular weight excluding hydrogens is 414 g/mol. The van der Waals surface area contributed by atoms with E-state index in [1.54, 1.807) is 32.0 Å². The molecule has 1 aromatic carbocycles. The van der Waals surface area contributed by atoms with Crippen molar-refractivity contribution in [2.75, 3.05) is 51.0 Å². The molecule has 0 aromatic heterocycles. The van der Waals surface area contributed by atoms with Crippen molar-refractivity contribution < 1.29 is 37.3 Å². The summed E-state index contributed by atoms with van der Waals surface area (Å²) in [5, 5.41) is 0. The van der Waals surface area contributed by atoms with Crippen molar-refractivity contribution in [1.29, 1.82) is 0 Å². The quantitative estimate of drug-likeness (QED) is 0.277. The van der Waals surface area contributed by atoms with Crippen LogP contribution in [-0.4, -0.2) is 69.0 Å². The van der Waals surface area contributed by atoms with Gasteiger partial charge >= 0.3 is 18.0 Å². The van der Waals surface area contributed by atoms with E-state index in [1.807, 2.05) is 0 Å². The smallest absolute Gasteiger partial charge is 0.416 e. The lowest BCUT2D eigenvalue weighted by Crippen LogP contribution is -2.43. The van der Waals surface area contributed by atoms with E-state index in [1.165, 1.54) is 0 Å². The largest absolute Gasteiger partial charge is 0.462 e. The molecule has 0 saturated carbocycles. The summed E-state index contributed by atoms with van der Waals surface area (Å²) in [6, 6.07) is 4.98. The Morgan fingerprint density at radius 1 is 1.13 bits per heavy atom. The normalized spacial score (nSPS) is 17.9. The van der Waals surface area contributed by atoms with Crippen LogP contribution in [-0.2, 0) is 30.3 Å². The average molecular weight is 440 g/mol. The maximum absolute atomic E-state index is 14.3. The van der Waals surface area contributed by atoms with Crippen LogP contribution < -0.4 is 9.64 Å². The van der Waals surface area contributed by atoms with E-state index < -0.39 is 30.2 Å². The highest BCUT2D eigenvalue weighted by Gasteiger charge is 2.41. The number of benzene rings is 1. The van der Waals surface area contributed by atoms with E-state index in [-0.39, 0.29) is 19.0 Å². The van der Waals surface area contributed by atoms with Crippen molar-refractivity contribution in [3.63, 3.8) is 0 Å². The summed E-state index contributed by atoms with van der Waals surface area (Å²) >= 11 is 0. The molecule has 0 spiro atoms. The molecule has 0 radical (unpaired) electrons. The van der Waals surface area contributed by atoms with Crippen LogP contribution >= 0.6 is 0 Å². The maximum Gasteiger partial charge on any atom is 0.416 e. The number of carbonyl (C=O) groups is 2. The van der Waals surface area contributed by atoms with Gasteiger partial charge in [-0.1, -0.05) is 6.07 Å². The number of rotatable bonds is 7. The fourth-order valence-corrected chi connectivity index (χ4v) is 3.35. The summed E-state index contributed by atoms with van der Waals surface area (Å²) < 4.78 is 48.6. The minimum atomic E-state index is -3.52. The van der Waals surface area contributed by atoms with Gasteiger partial charge in [0.15, 0.2) is 5.57 Å². The van der Waals surface area contributed by atoms with Crippen molar-refractivity contribution in [1.82, 2.24) is 4.90 Å². The lowest BCUT2D eigenvalue weighted by atomic mass is 10.1. The minimum Gasteiger partial charge on any atom is -0.462 e. The number of nitrogens with zero attached hydrogens (tertiary/aromatic N) is 2. The predicted octanol–water partition coefficient (Wildman–Crippen LogP) is 2.32. The summed E-state index contributed by atoms with van der Waals surface area (Å²) in [4.78, 5) is 27.7. The molecule has 8 nitrogen and oxygen atoms in total. The van der Waals surface area contributed by atoms with Crippen LogP contribution in [0.4, 0.5) is 14.5 Å². The van der Waals surface area contributed by atoms with Crippen molar-refractivity contribution >= 4 is 17.6 Å². The number of fused-ring (bicyclic) bond motifs is 1. The van der Waals surface area contributed by atoms with Gasteiger partial charge < -0.3 is 23.8 Å².